The molecule has 0 spiro atoms. The number of alkyl halides is 3. The molecule has 24 heavy (non-hydrogen) atoms. The number of hydrogen-bond donors (Lipinski definition) is 1. The minimum Gasteiger partial charge on any atom is -0.341 e. The minimum atomic E-state index is -4.21. The van der Waals surface area contributed by atoms with Gasteiger partial charge in [0.2, 0.25) is 15.9 Å². The van der Waals surface area contributed by atoms with Gasteiger partial charge in [0, 0.05) is 32.1 Å². The fraction of sp³-hybridized carbons (Fsp3) is 0.929. The number of nitrogens with one attached hydrogen (secondary N) is 1. The van der Waals surface area contributed by atoms with Gasteiger partial charge in [-0.25, -0.2) is 13.1 Å². The maximum Gasteiger partial charge on any atom is 0.401 e. The summed E-state index contributed by atoms with van der Waals surface area (Å²) in [5, 5.41) is 0. The molecule has 2 rings (SSSR count). The number of carbonyl (C=O) groups is 1. The summed E-state index contributed by atoms with van der Waals surface area (Å²) < 4.78 is 62.3. The van der Waals surface area contributed by atoms with Crippen LogP contribution in [0.3, 0.4) is 0 Å². The molecular weight excluding hydrogens is 347 g/mol. The first-order chi connectivity index (χ1) is 11.0. The van der Waals surface area contributed by atoms with Gasteiger partial charge < -0.3 is 4.90 Å². The first-order valence-corrected chi connectivity index (χ1v) is 9.95. The topological polar surface area (TPSA) is 69.7 Å². The van der Waals surface area contributed by atoms with E-state index in [1.165, 1.54) is 4.90 Å². The van der Waals surface area contributed by atoms with Crippen LogP contribution < -0.4 is 4.72 Å². The molecule has 0 saturated carbocycles. The zero-order valence-electron chi connectivity index (χ0n) is 13.7. The quantitative estimate of drug-likeness (QED) is 0.776. The smallest absolute Gasteiger partial charge is 0.341 e. The van der Waals surface area contributed by atoms with E-state index >= 15 is 0 Å². The molecule has 2 aliphatic rings. The zero-order chi connectivity index (χ0) is 18.0. The number of sulfonamides is 1. The van der Waals surface area contributed by atoms with Gasteiger partial charge in [-0.15, -0.1) is 0 Å². The maximum atomic E-state index is 12.4. The van der Waals surface area contributed by atoms with Gasteiger partial charge >= 0.3 is 6.18 Å². The van der Waals surface area contributed by atoms with Crippen LogP contribution in [0.2, 0.25) is 0 Å². The number of carbonyl (C=O) groups excluding carboxylic acids is 1. The maximum absolute atomic E-state index is 12.4. The Balaban J connectivity index is 1.80. The lowest BCUT2D eigenvalue weighted by Gasteiger charge is -2.33. The number of rotatable bonds is 5. The van der Waals surface area contributed by atoms with E-state index < -0.39 is 22.7 Å². The van der Waals surface area contributed by atoms with Gasteiger partial charge in [-0.1, -0.05) is 0 Å². The Kier molecular flexibility index (Phi) is 6.14. The van der Waals surface area contributed by atoms with Crippen LogP contribution in [-0.2, 0) is 14.8 Å². The monoisotopic (exact) mass is 371 g/mol. The van der Waals surface area contributed by atoms with Crippen LogP contribution in [0.15, 0.2) is 0 Å². The fourth-order valence-corrected chi connectivity index (χ4v) is 4.25. The van der Waals surface area contributed by atoms with E-state index in [1.54, 1.807) is 4.90 Å². The van der Waals surface area contributed by atoms with Gasteiger partial charge in [-0.2, -0.15) is 13.2 Å². The van der Waals surface area contributed by atoms with Crippen molar-refractivity contribution in [1.29, 1.82) is 0 Å². The molecule has 2 heterocycles. The molecule has 1 amide bonds. The lowest BCUT2D eigenvalue weighted by atomic mass is 10.0. The predicted molar refractivity (Wildman–Crippen MR) is 82.8 cm³/mol. The first-order valence-electron chi connectivity index (χ1n) is 8.06. The van der Waals surface area contributed by atoms with Gasteiger partial charge in [0.25, 0.3) is 0 Å². The molecule has 0 aromatic carbocycles. The van der Waals surface area contributed by atoms with Gasteiger partial charge in [-0.05, 0) is 31.7 Å². The number of nitrogens with zero attached hydrogens (tertiary/aromatic N) is 2. The summed E-state index contributed by atoms with van der Waals surface area (Å²) >= 11 is 0. The summed E-state index contributed by atoms with van der Waals surface area (Å²) in [5.41, 5.74) is 0. The van der Waals surface area contributed by atoms with Crippen LogP contribution in [0.5, 0.6) is 0 Å². The molecule has 2 fully saturated rings. The highest BCUT2D eigenvalue weighted by molar-refractivity contribution is 7.88. The Labute approximate surface area is 140 Å². The molecule has 0 aromatic rings. The second-order valence-electron chi connectivity index (χ2n) is 6.78. The molecule has 10 heteroatoms. The Bertz CT molecular complexity index is 553. The van der Waals surface area contributed by atoms with Crippen LogP contribution in [0, 0.1) is 5.92 Å². The van der Waals surface area contributed by atoms with Crippen molar-refractivity contribution in [3.63, 3.8) is 0 Å². The van der Waals surface area contributed by atoms with Crippen molar-refractivity contribution in [2.75, 3.05) is 39.0 Å². The number of likely N-dealkylation sites (tertiary alicyclic amines) is 2. The number of amides is 1. The van der Waals surface area contributed by atoms with E-state index in [9.17, 15) is 26.4 Å². The highest BCUT2D eigenvalue weighted by Crippen LogP contribution is 2.25. The summed E-state index contributed by atoms with van der Waals surface area (Å²) in [6, 6.07) is -0.289. The van der Waals surface area contributed by atoms with Crippen molar-refractivity contribution in [2.45, 2.75) is 37.9 Å². The van der Waals surface area contributed by atoms with Crippen molar-refractivity contribution in [1.82, 2.24) is 14.5 Å². The second kappa shape index (κ2) is 7.57. The van der Waals surface area contributed by atoms with E-state index in [-0.39, 0.29) is 30.8 Å². The van der Waals surface area contributed by atoms with Crippen LogP contribution >= 0.6 is 0 Å². The van der Waals surface area contributed by atoms with Gasteiger partial charge in [0.15, 0.2) is 0 Å². The third-order valence-corrected chi connectivity index (χ3v) is 5.15. The van der Waals surface area contributed by atoms with Crippen molar-refractivity contribution in [3.8, 4) is 0 Å². The van der Waals surface area contributed by atoms with Crippen molar-refractivity contribution in [3.05, 3.63) is 0 Å². The largest absolute Gasteiger partial charge is 0.401 e. The van der Waals surface area contributed by atoms with Crippen LogP contribution in [0.1, 0.15) is 25.7 Å². The van der Waals surface area contributed by atoms with Gasteiger partial charge in [0.1, 0.15) is 0 Å². The highest BCUT2D eigenvalue weighted by atomic mass is 32.2. The molecule has 2 saturated heterocycles. The molecule has 140 valence electrons. The van der Waals surface area contributed by atoms with Crippen LogP contribution in [0.4, 0.5) is 13.2 Å². The predicted octanol–water partition coefficient (Wildman–Crippen LogP) is 0.801. The Hall–Kier alpha value is -0.870. The minimum absolute atomic E-state index is 0.0666. The Morgan fingerprint density at radius 3 is 2.54 bits per heavy atom. The summed E-state index contributed by atoms with van der Waals surface area (Å²) in [7, 11) is -3.32. The summed E-state index contributed by atoms with van der Waals surface area (Å²) in [5.74, 6) is -0.169. The Morgan fingerprint density at radius 2 is 1.92 bits per heavy atom. The van der Waals surface area contributed by atoms with Crippen molar-refractivity contribution in [2.24, 2.45) is 5.92 Å². The average molecular weight is 371 g/mol. The third kappa shape index (κ3) is 6.56. The van der Waals surface area contributed by atoms with Crippen LogP contribution in [-0.4, -0.2) is 75.3 Å². The van der Waals surface area contributed by atoms with E-state index in [0.29, 0.717) is 38.9 Å². The van der Waals surface area contributed by atoms with E-state index in [1.807, 2.05) is 0 Å². The molecule has 0 radical (unpaired) electrons. The van der Waals surface area contributed by atoms with E-state index in [2.05, 4.69) is 4.72 Å². The summed E-state index contributed by atoms with van der Waals surface area (Å²) in [6.07, 6.45) is -0.929. The molecule has 2 unspecified atom stereocenters. The van der Waals surface area contributed by atoms with Crippen LogP contribution in [0.25, 0.3) is 0 Å². The molecule has 2 atom stereocenters. The third-order valence-electron chi connectivity index (χ3n) is 4.39. The number of halogens is 3. The summed E-state index contributed by atoms with van der Waals surface area (Å²) in [4.78, 5) is 15.3. The second-order valence-corrected chi connectivity index (χ2v) is 8.56. The fourth-order valence-electron chi connectivity index (χ4n) is 3.46. The number of hydrogen-bond acceptors (Lipinski definition) is 4. The zero-order valence-corrected chi connectivity index (χ0v) is 14.5. The van der Waals surface area contributed by atoms with Gasteiger partial charge in [0.05, 0.1) is 12.8 Å². The SMILES string of the molecule is CS(=O)(=O)NC1CCCN(C(=O)CC2CCN(CC(F)(F)F)C2)C1. The molecule has 1 N–H and O–H groups in total. The lowest BCUT2D eigenvalue weighted by Crippen LogP contribution is -2.49. The standard InChI is InChI=1S/C14H24F3N3O3S/c1-24(22,23)18-12-3-2-5-20(9-12)13(21)7-11-4-6-19(8-11)10-14(15,16)17/h11-12,18H,2-10H2,1H3. The lowest BCUT2D eigenvalue weighted by molar-refractivity contribution is -0.143. The van der Waals surface area contributed by atoms with Gasteiger partial charge in [-0.3, -0.25) is 9.69 Å². The van der Waals surface area contributed by atoms with E-state index in [0.717, 1.165) is 6.26 Å². The highest BCUT2D eigenvalue weighted by Gasteiger charge is 2.35. The summed E-state index contributed by atoms with van der Waals surface area (Å²) in [6.45, 7) is 0.603. The molecular formula is C14H24F3N3O3S. The van der Waals surface area contributed by atoms with Crippen molar-refractivity contribution >= 4 is 15.9 Å². The van der Waals surface area contributed by atoms with E-state index in [4.69, 9.17) is 0 Å². The first kappa shape index (κ1) is 19.5. The number of piperidine rings is 1. The Morgan fingerprint density at radius 1 is 1.21 bits per heavy atom. The normalized spacial score (nSPS) is 26.8. The molecule has 2 aliphatic heterocycles. The van der Waals surface area contributed by atoms with Crippen molar-refractivity contribution < 1.29 is 26.4 Å². The molecule has 0 aliphatic carbocycles. The molecule has 0 bridgehead atoms. The average Bonchev–Trinajstić information content (AvgIpc) is 2.82. The molecule has 6 nitrogen and oxygen atoms in total. The molecule has 0 aromatic heterocycles.